The fourth-order valence-electron chi connectivity index (χ4n) is 3.08. The Labute approximate surface area is 169 Å². The number of hydrogen-bond acceptors (Lipinski definition) is 5. The minimum atomic E-state index is -0.0585. The molecular weight excluding hydrogens is 376 g/mol. The largest absolute Gasteiger partial charge is 0.368 e. The van der Waals surface area contributed by atoms with Crippen LogP contribution in [0.1, 0.15) is 29.8 Å². The maximum Gasteiger partial charge on any atom is 0.256 e. The zero-order chi connectivity index (χ0) is 20.1. The highest BCUT2D eigenvalue weighted by atomic mass is 35.5. The van der Waals surface area contributed by atoms with Gasteiger partial charge in [-0.2, -0.15) is 15.0 Å². The Hall–Kier alpha value is -2.93. The number of anilines is 1. The monoisotopic (exact) mass is 398 g/mol. The number of carbonyl (C=O) groups is 1. The summed E-state index contributed by atoms with van der Waals surface area (Å²) in [6.45, 7) is 7.07. The van der Waals surface area contributed by atoms with Gasteiger partial charge < -0.3 is 10.2 Å². The summed E-state index contributed by atoms with van der Waals surface area (Å²) < 4.78 is 0. The van der Waals surface area contributed by atoms with E-state index in [-0.39, 0.29) is 11.9 Å². The summed E-state index contributed by atoms with van der Waals surface area (Å²) in [7, 11) is 0. The number of benzene rings is 1. The van der Waals surface area contributed by atoms with E-state index in [0.29, 0.717) is 29.4 Å². The molecule has 8 heteroatoms. The number of nitrogens with one attached hydrogen (secondary N) is 1. The van der Waals surface area contributed by atoms with Crippen molar-refractivity contribution in [3.8, 4) is 5.69 Å². The predicted octanol–water partition coefficient (Wildman–Crippen LogP) is 3.59. The molecule has 0 saturated carbocycles. The molecule has 2 heterocycles. The van der Waals surface area contributed by atoms with Crippen LogP contribution in [0.2, 0.25) is 5.02 Å². The number of aryl methyl sites for hydroxylation is 1. The Kier molecular flexibility index (Phi) is 6.26. The lowest BCUT2D eigenvalue weighted by Crippen LogP contribution is -2.42. The molecule has 1 atom stereocenters. The smallest absolute Gasteiger partial charge is 0.256 e. The van der Waals surface area contributed by atoms with Crippen LogP contribution in [0.4, 0.5) is 5.82 Å². The number of hydrogen-bond donors (Lipinski definition) is 1. The molecule has 0 spiro atoms. The number of carbonyl (C=O) groups excluding carboxylic acids is 1. The lowest BCUT2D eigenvalue weighted by atomic mass is 10.1. The lowest BCUT2D eigenvalue weighted by Gasteiger charge is -2.29. The van der Waals surface area contributed by atoms with E-state index in [2.05, 4.69) is 20.5 Å². The molecule has 2 aromatic heterocycles. The highest BCUT2D eigenvalue weighted by Gasteiger charge is 2.24. The van der Waals surface area contributed by atoms with Crippen LogP contribution in [0, 0.1) is 6.92 Å². The van der Waals surface area contributed by atoms with Gasteiger partial charge in [-0.25, -0.2) is 4.98 Å². The Balaban J connectivity index is 1.80. The molecule has 3 aromatic rings. The van der Waals surface area contributed by atoms with E-state index in [1.165, 1.54) is 4.80 Å². The van der Waals surface area contributed by atoms with Crippen LogP contribution in [0.3, 0.4) is 0 Å². The standard InChI is InChI=1S/C20H23ClN6O/c1-4-26(15(3)12-22-18-9-8-16(21)13-23-18)20(28)17-7-5-6-14(2)19(17)27-24-10-11-25-27/h5-11,13,15H,4,12H2,1-3H3,(H,22,23)/t15-/m0/s1. The summed E-state index contributed by atoms with van der Waals surface area (Å²) in [5.41, 5.74) is 2.22. The van der Waals surface area contributed by atoms with Gasteiger partial charge in [0.15, 0.2) is 0 Å². The molecular formula is C20H23ClN6O. The van der Waals surface area contributed by atoms with Gasteiger partial charge in [0.2, 0.25) is 0 Å². The first-order chi connectivity index (χ1) is 13.5. The van der Waals surface area contributed by atoms with Gasteiger partial charge in [0.1, 0.15) is 11.5 Å². The van der Waals surface area contributed by atoms with Gasteiger partial charge >= 0.3 is 0 Å². The molecule has 0 aliphatic carbocycles. The molecule has 3 rings (SSSR count). The van der Waals surface area contributed by atoms with E-state index in [9.17, 15) is 4.79 Å². The van der Waals surface area contributed by atoms with E-state index >= 15 is 0 Å². The number of halogens is 1. The molecule has 0 fully saturated rings. The first kappa shape index (κ1) is 19.8. The minimum Gasteiger partial charge on any atom is -0.368 e. The van der Waals surface area contributed by atoms with Crippen molar-refractivity contribution in [2.24, 2.45) is 0 Å². The summed E-state index contributed by atoms with van der Waals surface area (Å²) in [6, 6.07) is 9.19. The average Bonchev–Trinajstić information content (AvgIpc) is 3.22. The number of nitrogens with zero attached hydrogens (tertiary/aromatic N) is 5. The Bertz CT molecular complexity index is 926. The molecule has 0 aliphatic heterocycles. The van der Waals surface area contributed by atoms with Gasteiger partial charge in [-0.3, -0.25) is 4.79 Å². The molecule has 28 heavy (non-hydrogen) atoms. The van der Waals surface area contributed by atoms with Crippen LogP contribution in [0.25, 0.3) is 5.69 Å². The van der Waals surface area contributed by atoms with Gasteiger partial charge in [0.25, 0.3) is 5.91 Å². The first-order valence-corrected chi connectivity index (χ1v) is 9.51. The van der Waals surface area contributed by atoms with Crippen molar-refractivity contribution in [1.82, 2.24) is 24.9 Å². The molecule has 1 amide bonds. The number of rotatable bonds is 7. The van der Waals surface area contributed by atoms with Crippen LogP contribution in [-0.2, 0) is 0 Å². The third kappa shape index (κ3) is 4.31. The minimum absolute atomic E-state index is 0.0473. The Morgan fingerprint density at radius 3 is 2.64 bits per heavy atom. The third-order valence-corrected chi connectivity index (χ3v) is 4.75. The van der Waals surface area contributed by atoms with Crippen molar-refractivity contribution in [3.05, 3.63) is 65.1 Å². The fraction of sp³-hybridized carbons (Fsp3) is 0.300. The van der Waals surface area contributed by atoms with E-state index in [4.69, 9.17) is 11.6 Å². The summed E-state index contributed by atoms with van der Waals surface area (Å²) in [6.07, 6.45) is 4.79. The molecule has 7 nitrogen and oxygen atoms in total. The van der Waals surface area contributed by atoms with Crippen molar-refractivity contribution in [2.45, 2.75) is 26.8 Å². The second-order valence-corrected chi connectivity index (χ2v) is 6.91. The van der Waals surface area contributed by atoms with Gasteiger partial charge in [0.05, 0.1) is 23.0 Å². The van der Waals surface area contributed by atoms with Crippen LogP contribution in [0.15, 0.2) is 48.9 Å². The summed E-state index contributed by atoms with van der Waals surface area (Å²) in [5.74, 6) is 0.661. The van der Waals surface area contributed by atoms with Gasteiger partial charge in [-0.05, 0) is 44.5 Å². The highest BCUT2D eigenvalue weighted by Crippen LogP contribution is 2.21. The van der Waals surface area contributed by atoms with E-state index < -0.39 is 0 Å². The Morgan fingerprint density at radius 1 is 1.25 bits per heavy atom. The van der Waals surface area contributed by atoms with Crippen molar-refractivity contribution in [1.29, 1.82) is 0 Å². The SMILES string of the molecule is CCN(C(=O)c1cccc(C)c1-n1nccn1)[C@@H](C)CNc1ccc(Cl)cn1. The summed E-state index contributed by atoms with van der Waals surface area (Å²) >= 11 is 5.87. The number of aromatic nitrogens is 4. The van der Waals surface area contributed by atoms with E-state index in [1.807, 2.05) is 49.9 Å². The molecule has 1 aromatic carbocycles. The molecule has 0 bridgehead atoms. The van der Waals surface area contributed by atoms with Crippen LogP contribution in [0.5, 0.6) is 0 Å². The number of pyridine rings is 1. The van der Waals surface area contributed by atoms with Crippen molar-refractivity contribution in [2.75, 3.05) is 18.4 Å². The normalized spacial score (nSPS) is 11.9. The van der Waals surface area contributed by atoms with Crippen LogP contribution >= 0.6 is 11.6 Å². The van der Waals surface area contributed by atoms with E-state index in [0.717, 1.165) is 11.4 Å². The molecule has 0 aliphatic rings. The molecule has 1 N–H and O–H groups in total. The van der Waals surface area contributed by atoms with E-state index in [1.54, 1.807) is 24.7 Å². The molecule has 146 valence electrons. The summed E-state index contributed by atoms with van der Waals surface area (Å²) in [5, 5.41) is 12.3. The maximum absolute atomic E-state index is 13.3. The zero-order valence-corrected chi connectivity index (χ0v) is 16.9. The first-order valence-electron chi connectivity index (χ1n) is 9.14. The number of amides is 1. The zero-order valence-electron chi connectivity index (χ0n) is 16.1. The Morgan fingerprint density at radius 2 is 2.00 bits per heavy atom. The highest BCUT2D eigenvalue weighted by molar-refractivity contribution is 6.30. The number of para-hydroxylation sites is 1. The van der Waals surface area contributed by atoms with Crippen LogP contribution < -0.4 is 5.32 Å². The maximum atomic E-state index is 13.3. The predicted molar refractivity (Wildman–Crippen MR) is 110 cm³/mol. The molecule has 0 unspecified atom stereocenters. The van der Waals surface area contributed by atoms with Gasteiger partial charge in [0, 0.05) is 25.3 Å². The van der Waals surface area contributed by atoms with Crippen LogP contribution in [-0.4, -0.2) is 49.9 Å². The third-order valence-electron chi connectivity index (χ3n) is 4.53. The van der Waals surface area contributed by atoms with Crippen molar-refractivity contribution >= 4 is 23.3 Å². The number of likely N-dealkylation sites (N-methyl/N-ethyl adjacent to an activating group) is 1. The summed E-state index contributed by atoms with van der Waals surface area (Å²) in [4.78, 5) is 20.9. The van der Waals surface area contributed by atoms with Gasteiger partial charge in [-0.15, -0.1) is 0 Å². The topological polar surface area (TPSA) is 75.9 Å². The van der Waals surface area contributed by atoms with Crippen molar-refractivity contribution < 1.29 is 4.79 Å². The second kappa shape index (κ2) is 8.84. The van der Waals surface area contributed by atoms with Gasteiger partial charge in [-0.1, -0.05) is 23.7 Å². The van der Waals surface area contributed by atoms with Crippen molar-refractivity contribution in [3.63, 3.8) is 0 Å². The second-order valence-electron chi connectivity index (χ2n) is 6.47. The lowest BCUT2D eigenvalue weighted by molar-refractivity contribution is 0.0712. The molecule has 0 radical (unpaired) electrons. The quantitative estimate of drug-likeness (QED) is 0.658. The fourth-order valence-corrected chi connectivity index (χ4v) is 3.19. The molecule has 0 saturated heterocycles. The average molecular weight is 399 g/mol.